The molecule has 0 fully saturated rings. The Labute approximate surface area is 101 Å². The minimum absolute atomic E-state index is 0.0102. The summed E-state index contributed by atoms with van der Waals surface area (Å²) in [5, 5.41) is 3.89. The molecular weight excluding hydrogens is 212 g/mol. The Morgan fingerprint density at radius 1 is 1.24 bits per heavy atom. The summed E-state index contributed by atoms with van der Waals surface area (Å²) in [6, 6.07) is 9.88. The van der Waals surface area contributed by atoms with E-state index in [1.807, 2.05) is 45.0 Å². The van der Waals surface area contributed by atoms with Crippen LogP contribution >= 0.6 is 0 Å². The second kappa shape index (κ2) is 4.53. The molecule has 0 aliphatic heterocycles. The highest BCUT2D eigenvalue weighted by Crippen LogP contribution is 2.16. The van der Waals surface area contributed by atoms with Crippen LogP contribution in [0.5, 0.6) is 0 Å². The lowest BCUT2D eigenvalue weighted by molar-refractivity contribution is -0.118. The van der Waals surface area contributed by atoms with Gasteiger partial charge in [-0.15, -0.1) is 0 Å². The van der Waals surface area contributed by atoms with E-state index in [0.717, 1.165) is 10.9 Å². The van der Waals surface area contributed by atoms with Gasteiger partial charge in [0, 0.05) is 11.3 Å². The van der Waals surface area contributed by atoms with Crippen molar-refractivity contribution in [3.63, 3.8) is 0 Å². The van der Waals surface area contributed by atoms with Crippen molar-refractivity contribution in [1.82, 2.24) is 4.98 Å². The fourth-order valence-corrected chi connectivity index (χ4v) is 1.59. The summed E-state index contributed by atoms with van der Waals surface area (Å²) in [6.45, 7) is 5.77. The van der Waals surface area contributed by atoms with Crippen LogP contribution in [0.25, 0.3) is 10.9 Å². The molecule has 1 aromatic carbocycles. The van der Waals surface area contributed by atoms with Crippen LogP contribution in [0.15, 0.2) is 30.3 Å². The van der Waals surface area contributed by atoms with Gasteiger partial charge < -0.3 is 5.32 Å². The maximum Gasteiger partial charge on any atom is 0.228 e. The second-order valence-electron chi connectivity index (χ2n) is 4.54. The number of aromatic nitrogens is 1. The van der Waals surface area contributed by atoms with Crippen LogP contribution in [0, 0.1) is 12.8 Å². The van der Waals surface area contributed by atoms with Gasteiger partial charge in [-0.3, -0.25) is 4.79 Å². The van der Waals surface area contributed by atoms with Gasteiger partial charge in [0.15, 0.2) is 0 Å². The van der Waals surface area contributed by atoms with Crippen molar-refractivity contribution in [3.8, 4) is 0 Å². The summed E-state index contributed by atoms with van der Waals surface area (Å²) >= 11 is 0. The average molecular weight is 228 g/mol. The molecule has 0 spiro atoms. The molecule has 1 amide bonds. The summed E-state index contributed by atoms with van der Waals surface area (Å²) in [5.74, 6) is 0.564. The zero-order valence-corrected chi connectivity index (χ0v) is 10.3. The number of amides is 1. The Hall–Kier alpha value is -1.90. The molecule has 0 unspecified atom stereocenters. The van der Waals surface area contributed by atoms with Crippen LogP contribution in [0.2, 0.25) is 0 Å². The number of fused-ring (bicyclic) bond motifs is 1. The number of carbonyl (C=O) groups is 1. The van der Waals surface area contributed by atoms with E-state index >= 15 is 0 Å². The SMILES string of the molecule is Cc1ccc2nc(NC(=O)C(C)C)ccc2c1. The minimum Gasteiger partial charge on any atom is -0.310 e. The molecule has 1 N–H and O–H groups in total. The van der Waals surface area contributed by atoms with E-state index < -0.39 is 0 Å². The van der Waals surface area contributed by atoms with Crippen LogP contribution in [-0.4, -0.2) is 10.9 Å². The van der Waals surface area contributed by atoms with Crippen molar-refractivity contribution in [3.05, 3.63) is 35.9 Å². The van der Waals surface area contributed by atoms with Gasteiger partial charge in [0.25, 0.3) is 0 Å². The van der Waals surface area contributed by atoms with Crippen molar-refractivity contribution >= 4 is 22.6 Å². The van der Waals surface area contributed by atoms with E-state index in [1.54, 1.807) is 0 Å². The molecule has 0 saturated heterocycles. The standard InChI is InChI=1S/C14H16N2O/c1-9(2)14(17)16-13-7-5-11-8-10(3)4-6-12(11)15-13/h4-9H,1-3H3,(H,15,16,17). The van der Waals surface area contributed by atoms with Crippen molar-refractivity contribution in [1.29, 1.82) is 0 Å². The molecule has 1 aromatic heterocycles. The van der Waals surface area contributed by atoms with Crippen molar-refractivity contribution in [2.75, 3.05) is 5.32 Å². The number of hydrogen-bond donors (Lipinski definition) is 1. The molecule has 3 nitrogen and oxygen atoms in total. The third kappa shape index (κ3) is 2.61. The number of nitrogens with one attached hydrogen (secondary N) is 1. The van der Waals surface area contributed by atoms with Gasteiger partial charge in [-0.2, -0.15) is 0 Å². The highest BCUT2D eigenvalue weighted by molar-refractivity contribution is 5.92. The first kappa shape index (κ1) is 11.6. The van der Waals surface area contributed by atoms with Gasteiger partial charge in [-0.05, 0) is 31.2 Å². The van der Waals surface area contributed by atoms with Crippen LogP contribution in [-0.2, 0) is 4.79 Å². The van der Waals surface area contributed by atoms with E-state index in [-0.39, 0.29) is 11.8 Å². The molecular formula is C14H16N2O. The molecule has 0 aliphatic carbocycles. The average Bonchev–Trinajstić information content (AvgIpc) is 2.29. The lowest BCUT2D eigenvalue weighted by atomic mass is 10.1. The van der Waals surface area contributed by atoms with Gasteiger partial charge in [-0.25, -0.2) is 4.98 Å². The number of rotatable bonds is 2. The largest absolute Gasteiger partial charge is 0.310 e. The molecule has 1 heterocycles. The highest BCUT2D eigenvalue weighted by atomic mass is 16.1. The Morgan fingerprint density at radius 3 is 2.71 bits per heavy atom. The van der Waals surface area contributed by atoms with Crippen LogP contribution in [0.1, 0.15) is 19.4 Å². The Kier molecular flexibility index (Phi) is 3.09. The second-order valence-corrected chi connectivity index (χ2v) is 4.54. The van der Waals surface area contributed by atoms with E-state index in [2.05, 4.69) is 16.4 Å². The number of aryl methyl sites for hydroxylation is 1. The molecule has 2 rings (SSSR count). The Morgan fingerprint density at radius 2 is 2.00 bits per heavy atom. The molecule has 88 valence electrons. The first-order valence-corrected chi connectivity index (χ1v) is 5.74. The molecule has 0 atom stereocenters. The fourth-order valence-electron chi connectivity index (χ4n) is 1.59. The number of carbonyl (C=O) groups excluding carboxylic acids is 1. The van der Waals surface area contributed by atoms with E-state index in [1.165, 1.54) is 5.56 Å². The van der Waals surface area contributed by atoms with E-state index in [9.17, 15) is 4.79 Å². The number of nitrogens with zero attached hydrogens (tertiary/aromatic N) is 1. The van der Waals surface area contributed by atoms with Crippen LogP contribution in [0.3, 0.4) is 0 Å². The lowest BCUT2D eigenvalue weighted by Gasteiger charge is -2.07. The topological polar surface area (TPSA) is 42.0 Å². The molecule has 0 bridgehead atoms. The maximum atomic E-state index is 11.6. The number of hydrogen-bond acceptors (Lipinski definition) is 2. The predicted octanol–water partition coefficient (Wildman–Crippen LogP) is 3.14. The zero-order chi connectivity index (χ0) is 12.4. The summed E-state index contributed by atoms with van der Waals surface area (Å²) in [4.78, 5) is 16.0. The molecule has 2 aromatic rings. The Bertz CT molecular complexity index is 561. The van der Waals surface area contributed by atoms with Gasteiger partial charge in [-0.1, -0.05) is 25.5 Å². The van der Waals surface area contributed by atoms with Gasteiger partial charge >= 0.3 is 0 Å². The van der Waals surface area contributed by atoms with Gasteiger partial charge in [0.2, 0.25) is 5.91 Å². The third-order valence-corrected chi connectivity index (χ3v) is 2.62. The zero-order valence-electron chi connectivity index (χ0n) is 10.3. The van der Waals surface area contributed by atoms with Crippen molar-refractivity contribution in [2.24, 2.45) is 5.92 Å². The molecule has 3 heteroatoms. The number of anilines is 1. The smallest absolute Gasteiger partial charge is 0.228 e. The highest BCUT2D eigenvalue weighted by Gasteiger charge is 2.07. The quantitative estimate of drug-likeness (QED) is 0.858. The normalized spacial score (nSPS) is 10.8. The number of benzene rings is 1. The summed E-state index contributed by atoms with van der Waals surface area (Å²) in [6.07, 6.45) is 0. The van der Waals surface area contributed by atoms with Crippen LogP contribution < -0.4 is 5.32 Å². The monoisotopic (exact) mass is 228 g/mol. The molecule has 0 radical (unpaired) electrons. The summed E-state index contributed by atoms with van der Waals surface area (Å²) in [7, 11) is 0. The fraction of sp³-hybridized carbons (Fsp3) is 0.286. The third-order valence-electron chi connectivity index (χ3n) is 2.62. The van der Waals surface area contributed by atoms with Gasteiger partial charge in [0.1, 0.15) is 5.82 Å². The van der Waals surface area contributed by atoms with Crippen molar-refractivity contribution in [2.45, 2.75) is 20.8 Å². The first-order chi connectivity index (χ1) is 8.06. The van der Waals surface area contributed by atoms with E-state index in [0.29, 0.717) is 5.82 Å². The lowest BCUT2D eigenvalue weighted by Crippen LogP contribution is -2.18. The minimum atomic E-state index is -0.0366. The van der Waals surface area contributed by atoms with Crippen LogP contribution in [0.4, 0.5) is 5.82 Å². The van der Waals surface area contributed by atoms with E-state index in [4.69, 9.17) is 0 Å². The first-order valence-electron chi connectivity index (χ1n) is 5.74. The predicted molar refractivity (Wildman–Crippen MR) is 69.9 cm³/mol. The number of pyridine rings is 1. The Balaban J connectivity index is 2.32. The van der Waals surface area contributed by atoms with Crippen molar-refractivity contribution < 1.29 is 4.79 Å². The molecule has 17 heavy (non-hydrogen) atoms. The van der Waals surface area contributed by atoms with Gasteiger partial charge in [0.05, 0.1) is 5.52 Å². The maximum absolute atomic E-state index is 11.6. The summed E-state index contributed by atoms with van der Waals surface area (Å²) < 4.78 is 0. The molecule has 0 aliphatic rings. The molecule has 0 saturated carbocycles. The summed E-state index contributed by atoms with van der Waals surface area (Å²) in [5.41, 5.74) is 2.11.